The standard InChI is InChI=1S/C16H23N3/c1-4-11-17-16(14-9-7-6-8-13(14)3)15-10-12-18-19(15)5-2/h6-10,12,16-17H,4-5,11H2,1-3H3. The highest BCUT2D eigenvalue weighted by molar-refractivity contribution is 5.34. The third-order valence-electron chi connectivity index (χ3n) is 3.44. The van der Waals surface area contributed by atoms with E-state index in [0.717, 1.165) is 19.5 Å². The van der Waals surface area contributed by atoms with Crippen LogP contribution in [0, 0.1) is 6.92 Å². The van der Waals surface area contributed by atoms with Crippen molar-refractivity contribution in [3.05, 3.63) is 53.3 Å². The lowest BCUT2D eigenvalue weighted by atomic mass is 9.98. The van der Waals surface area contributed by atoms with Gasteiger partial charge in [0.05, 0.1) is 11.7 Å². The summed E-state index contributed by atoms with van der Waals surface area (Å²) >= 11 is 0. The molecule has 0 saturated heterocycles. The Hall–Kier alpha value is -1.61. The van der Waals surface area contributed by atoms with Crippen LogP contribution < -0.4 is 5.32 Å². The molecule has 0 fully saturated rings. The first-order valence-electron chi connectivity index (χ1n) is 7.08. The van der Waals surface area contributed by atoms with Crippen LogP contribution in [-0.4, -0.2) is 16.3 Å². The molecule has 0 aliphatic carbocycles. The summed E-state index contributed by atoms with van der Waals surface area (Å²) in [5, 5.41) is 8.04. The molecule has 3 nitrogen and oxygen atoms in total. The molecule has 0 radical (unpaired) electrons. The zero-order valence-corrected chi connectivity index (χ0v) is 12.1. The predicted molar refractivity (Wildman–Crippen MR) is 79.2 cm³/mol. The van der Waals surface area contributed by atoms with Crippen LogP contribution in [0.5, 0.6) is 0 Å². The Morgan fingerprint density at radius 3 is 2.68 bits per heavy atom. The summed E-state index contributed by atoms with van der Waals surface area (Å²) in [6.07, 6.45) is 3.01. The van der Waals surface area contributed by atoms with Crippen molar-refractivity contribution in [3.8, 4) is 0 Å². The monoisotopic (exact) mass is 257 g/mol. The van der Waals surface area contributed by atoms with E-state index in [1.165, 1.54) is 16.8 Å². The molecule has 1 heterocycles. The molecule has 1 aromatic carbocycles. The second kappa shape index (κ2) is 6.53. The number of nitrogens with zero attached hydrogens (tertiary/aromatic N) is 2. The van der Waals surface area contributed by atoms with Gasteiger partial charge in [0.1, 0.15) is 0 Å². The molecular formula is C16H23N3. The van der Waals surface area contributed by atoms with Crippen LogP contribution >= 0.6 is 0 Å². The molecule has 2 aromatic rings. The first kappa shape index (κ1) is 13.8. The van der Waals surface area contributed by atoms with E-state index < -0.39 is 0 Å². The normalized spacial score (nSPS) is 12.6. The van der Waals surface area contributed by atoms with Gasteiger partial charge in [-0.05, 0) is 44.0 Å². The number of rotatable bonds is 6. The molecule has 1 aromatic heterocycles. The van der Waals surface area contributed by atoms with Gasteiger partial charge in [-0.3, -0.25) is 4.68 Å². The zero-order chi connectivity index (χ0) is 13.7. The molecule has 102 valence electrons. The number of nitrogens with one attached hydrogen (secondary N) is 1. The van der Waals surface area contributed by atoms with Crippen LogP contribution in [0.25, 0.3) is 0 Å². The van der Waals surface area contributed by atoms with Gasteiger partial charge in [0.2, 0.25) is 0 Å². The minimum absolute atomic E-state index is 0.226. The Morgan fingerprint density at radius 1 is 1.21 bits per heavy atom. The molecule has 3 heteroatoms. The predicted octanol–water partition coefficient (Wildman–Crippen LogP) is 3.30. The molecule has 1 unspecified atom stereocenters. The first-order valence-corrected chi connectivity index (χ1v) is 7.08. The van der Waals surface area contributed by atoms with Crippen molar-refractivity contribution < 1.29 is 0 Å². The molecule has 0 bridgehead atoms. The SMILES string of the molecule is CCCNC(c1ccccc1C)c1ccnn1CC. The number of aromatic nitrogens is 2. The molecule has 1 atom stereocenters. The summed E-state index contributed by atoms with van der Waals surface area (Å²) in [5.74, 6) is 0. The smallest absolute Gasteiger partial charge is 0.0750 e. The minimum atomic E-state index is 0.226. The van der Waals surface area contributed by atoms with Crippen molar-refractivity contribution in [2.75, 3.05) is 6.54 Å². The summed E-state index contributed by atoms with van der Waals surface area (Å²) in [6.45, 7) is 8.40. The van der Waals surface area contributed by atoms with Crippen molar-refractivity contribution in [2.24, 2.45) is 0 Å². The average molecular weight is 257 g/mol. The van der Waals surface area contributed by atoms with Gasteiger partial charge in [0.15, 0.2) is 0 Å². The molecule has 1 N–H and O–H groups in total. The largest absolute Gasteiger partial charge is 0.305 e. The summed E-state index contributed by atoms with van der Waals surface area (Å²) in [5.41, 5.74) is 3.90. The van der Waals surface area contributed by atoms with Gasteiger partial charge in [-0.25, -0.2) is 0 Å². The molecule has 0 amide bonds. The second-order valence-corrected chi connectivity index (χ2v) is 4.82. The van der Waals surface area contributed by atoms with Crippen molar-refractivity contribution in [1.29, 1.82) is 0 Å². The lowest BCUT2D eigenvalue weighted by molar-refractivity contribution is 0.528. The van der Waals surface area contributed by atoms with Crippen LogP contribution in [0.2, 0.25) is 0 Å². The molecule has 0 aliphatic rings. The highest BCUT2D eigenvalue weighted by atomic mass is 15.3. The highest BCUT2D eigenvalue weighted by Crippen LogP contribution is 2.24. The third-order valence-corrected chi connectivity index (χ3v) is 3.44. The Kier molecular flexibility index (Phi) is 4.74. The van der Waals surface area contributed by atoms with E-state index in [1.54, 1.807) is 0 Å². The number of hydrogen-bond acceptors (Lipinski definition) is 2. The summed E-state index contributed by atoms with van der Waals surface area (Å²) in [6, 6.07) is 10.9. The summed E-state index contributed by atoms with van der Waals surface area (Å²) < 4.78 is 2.07. The van der Waals surface area contributed by atoms with Gasteiger partial charge in [-0.15, -0.1) is 0 Å². The lowest BCUT2D eigenvalue weighted by Crippen LogP contribution is -2.26. The number of benzene rings is 1. The van der Waals surface area contributed by atoms with Gasteiger partial charge in [-0.1, -0.05) is 31.2 Å². The molecule has 0 saturated carbocycles. The summed E-state index contributed by atoms with van der Waals surface area (Å²) in [4.78, 5) is 0. The number of hydrogen-bond donors (Lipinski definition) is 1. The Labute approximate surface area is 115 Å². The molecule has 0 aliphatic heterocycles. The van der Waals surface area contributed by atoms with Crippen LogP contribution in [-0.2, 0) is 6.54 Å². The maximum atomic E-state index is 4.40. The fourth-order valence-electron chi connectivity index (χ4n) is 2.43. The lowest BCUT2D eigenvalue weighted by Gasteiger charge is -2.22. The quantitative estimate of drug-likeness (QED) is 0.860. The van der Waals surface area contributed by atoms with Crippen LogP contribution in [0.4, 0.5) is 0 Å². The molecular weight excluding hydrogens is 234 g/mol. The second-order valence-electron chi connectivity index (χ2n) is 4.82. The van der Waals surface area contributed by atoms with Gasteiger partial charge in [0, 0.05) is 12.7 Å². The highest BCUT2D eigenvalue weighted by Gasteiger charge is 2.18. The van der Waals surface area contributed by atoms with Crippen LogP contribution in [0.3, 0.4) is 0 Å². The molecule has 2 rings (SSSR count). The van der Waals surface area contributed by atoms with Crippen molar-refractivity contribution >= 4 is 0 Å². The van der Waals surface area contributed by atoms with Crippen molar-refractivity contribution in [1.82, 2.24) is 15.1 Å². The third kappa shape index (κ3) is 3.04. The Bertz CT molecular complexity index is 516. The van der Waals surface area contributed by atoms with E-state index in [-0.39, 0.29) is 6.04 Å². The zero-order valence-electron chi connectivity index (χ0n) is 12.1. The first-order chi connectivity index (χ1) is 9.27. The number of aryl methyl sites for hydroxylation is 2. The Morgan fingerprint density at radius 2 is 2.00 bits per heavy atom. The van der Waals surface area contributed by atoms with Crippen LogP contribution in [0.1, 0.15) is 43.1 Å². The minimum Gasteiger partial charge on any atom is -0.305 e. The average Bonchev–Trinajstić information content (AvgIpc) is 2.89. The van der Waals surface area contributed by atoms with Gasteiger partial charge >= 0.3 is 0 Å². The topological polar surface area (TPSA) is 29.9 Å². The van der Waals surface area contributed by atoms with E-state index in [2.05, 4.69) is 66.2 Å². The van der Waals surface area contributed by atoms with Crippen LogP contribution in [0.15, 0.2) is 36.5 Å². The maximum Gasteiger partial charge on any atom is 0.0750 e. The van der Waals surface area contributed by atoms with Crippen molar-refractivity contribution in [3.63, 3.8) is 0 Å². The van der Waals surface area contributed by atoms with E-state index >= 15 is 0 Å². The van der Waals surface area contributed by atoms with Gasteiger partial charge in [-0.2, -0.15) is 5.10 Å². The molecule has 0 spiro atoms. The maximum absolute atomic E-state index is 4.40. The van der Waals surface area contributed by atoms with E-state index in [1.807, 2.05) is 6.20 Å². The summed E-state index contributed by atoms with van der Waals surface area (Å²) in [7, 11) is 0. The Balaban J connectivity index is 2.39. The van der Waals surface area contributed by atoms with Crippen molar-refractivity contribution in [2.45, 2.75) is 39.8 Å². The van der Waals surface area contributed by atoms with E-state index in [9.17, 15) is 0 Å². The van der Waals surface area contributed by atoms with E-state index in [4.69, 9.17) is 0 Å². The fraction of sp³-hybridized carbons (Fsp3) is 0.438. The fourth-order valence-corrected chi connectivity index (χ4v) is 2.43. The van der Waals surface area contributed by atoms with Gasteiger partial charge in [0.25, 0.3) is 0 Å². The molecule has 19 heavy (non-hydrogen) atoms. The van der Waals surface area contributed by atoms with Gasteiger partial charge < -0.3 is 5.32 Å². The van der Waals surface area contributed by atoms with E-state index in [0.29, 0.717) is 0 Å².